The Labute approximate surface area is 139 Å². The van der Waals surface area contributed by atoms with Gasteiger partial charge in [0, 0.05) is 5.66 Å². The summed E-state index contributed by atoms with van der Waals surface area (Å²) in [5, 5.41) is 8.99. The maximum atomic E-state index is 10.9. The topological polar surface area (TPSA) is 83.4 Å². The van der Waals surface area contributed by atoms with E-state index in [2.05, 4.69) is 0 Å². The Balaban J connectivity index is 0. The van der Waals surface area contributed by atoms with Gasteiger partial charge in [0.25, 0.3) is 0 Å². The molecule has 4 nitrogen and oxygen atoms in total. The van der Waals surface area contributed by atoms with E-state index in [4.69, 9.17) is 5.11 Å². The van der Waals surface area contributed by atoms with Gasteiger partial charge in [-0.05, 0) is 24.1 Å². The van der Waals surface area contributed by atoms with Gasteiger partial charge in [-0.2, -0.15) is 0 Å². The molecule has 0 saturated heterocycles. The van der Waals surface area contributed by atoms with Crippen molar-refractivity contribution in [2.24, 2.45) is 0 Å². The van der Waals surface area contributed by atoms with Crippen LogP contribution in [0.5, 0.6) is 5.75 Å². The predicted octanol–water partition coefficient (Wildman–Crippen LogP) is -5.23. The van der Waals surface area contributed by atoms with Crippen LogP contribution in [0.4, 0.5) is 0 Å². The van der Waals surface area contributed by atoms with Gasteiger partial charge in [0.2, 0.25) is 0 Å². The van der Waals surface area contributed by atoms with Crippen molar-refractivity contribution >= 4 is 7.60 Å². The van der Waals surface area contributed by atoms with Crippen LogP contribution in [0, 0.1) is 0 Å². The fourth-order valence-corrected chi connectivity index (χ4v) is 2.32. The van der Waals surface area contributed by atoms with E-state index in [0.717, 1.165) is 0 Å². The van der Waals surface area contributed by atoms with Crippen molar-refractivity contribution in [1.82, 2.24) is 0 Å². The number of rotatable bonds is 3. The zero-order chi connectivity index (χ0) is 10.8. The number of hydrogen-bond donors (Lipinski definition) is 1. The van der Waals surface area contributed by atoms with Gasteiger partial charge in [-0.15, -0.1) is 0 Å². The van der Waals surface area contributed by atoms with Crippen molar-refractivity contribution in [3.05, 3.63) is 29.8 Å². The molecule has 0 amide bonds. The van der Waals surface area contributed by atoms with E-state index < -0.39 is 13.3 Å². The number of benzene rings is 1. The molecule has 0 aliphatic carbocycles. The van der Waals surface area contributed by atoms with Gasteiger partial charge in [0.05, 0.1) is 0 Å². The first-order valence-corrected chi connectivity index (χ1v) is 5.87. The van der Waals surface area contributed by atoms with E-state index in [1.165, 1.54) is 24.3 Å². The smallest absolute Gasteiger partial charge is 0.810 e. The summed E-state index contributed by atoms with van der Waals surface area (Å²) >= 11 is 0. The van der Waals surface area contributed by atoms with Crippen molar-refractivity contribution in [1.29, 1.82) is 0 Å². The molecule has 78 valence electrons. The van der Waals surface area contributed by atoms with E-state index in [0.29, 0.717) is 5.56 Å². The van der Waals surface area contributed by atoms with Gasteiger partial charge in [-0.3, -0.25) is 0 Å². The van der Waals surface area contributed by atoms with Gasteiger partial charge in [-0.1, -0.05) is 26.7 Å². The molecule has 1 rings (SSSR count). The number of aromatic hydroxyl groups is 1. The van der Waals surface area contributed by atoms with Crippen LogP contribution in [0.15, 0.2) is 24.3 Å². The molecule has 1 unspecified atom stereocenters. The van der Waals surface area contributed by atoms with Crippen LogP contribution in [0.3, 0.4) is 0 Å². The first-order chi connectivity index (χ1) is 6.45. The maximum absolute atomic E-state index is 10.9. The maximum Gasteiger partial charge on any atom is 1.00 e. The quantitative estimate of drug-likeness (QED) is 0.435. The van der Waals surface area contributed by atoms with Crippen LogP contribution in [0.2, 0.25) is 0 Å². The molecule has 1 N–H and O–H groups in total. The Morgan fingerprint density at radius 2 is 1.69 bits per heavy atom. The van der Waals surface area contributed by atoms with Gasteiger partial charge in [-0.25, -0.2) is 0 Å². The van der Waals surface area contributed by atoms with Crippen molar-refractivity contribution in [2.75, 3.05) is 0 Å². The van der Waals surface area contributed by atoms with Crippen molar-refractivity contribution in [2.45, 2.75) is 19.0 Å². The minimum Gasteiger partial charge on any atom is -0.810 e. The van der Waals surface area contributed by atoms with Crippen molar-refractivity contribution in [3.8, 4) is 5.75 Å². The van der Waals surface area contributed by atoms with E-state index in [9.17, 15) is 14.4 Å². The van der Waals surface area contributed by atoms with Crippen molar-refractivity contribution in [3.63, 3.8) is 0 Å². The van der Waals surface area contributed by atoms with Gasteiger partial charge >= 0.3 is 59.1 Å². The van der Waals surface area contributed by atoms with Crippen LogP contribution in [0.1, 0.15) is 24.6 Å². The predicted molar refractivity (Wildman–Crippen MR) is 48.7 cm³/mol. The second-order valence-electron chi connectivity index (χ2n) is 3.06. The minimum atomic E-state index is -4.59. The Morgan fingerprint density at radius 1 is 1.25 bits per heavy atom. The Bertz CT molecular complexity index is 349. The second-order valence-corrected chi connectivity index (χ2v) is 4.76. The molecule has 1 aromatic rings. The Hall–Kier alpha value is 1.17. The SMILES string of the molecule is CCC(c1ccc(O)cc1)P(=O)([O-])[O-].[Na+].[Na+]. The van der Waals surface area contributed by atoms with Gasteiger partial charge in [0.15, 0.2) is 0 Å². The molecule has 0 spiro atoms. The third kappa shape index (κ3) is 5.67. The molecule has 0 saturated carbocycles. The average molecular weight is 260 g/mol. The van der Waals surface area contributed by atoms with Crippen LogP contribution in [-0.4, -0.2) is 5.11 Å². The molecule has 1 atom stereocenters. The van der Waals surface area contributed by atoms with E-state index in [-0.39, 0.29) is 71.3 Å². The van der Waals surface area contributed by atoms with E-state index in [1.54, 1.807) is 6.92 Å². The largest absolute Gasteiger partial charge is 1.00 e. The summed E-state index contributed by atoms with van der Waals surface area (Å²) in [6.45, 7) is 1.64. The first kappa shape index (κ1) is 19.5. The summed E-state index contributed by atoms with van der Waals surface area (Å²) in [6, 6.07) is 5.64. The summed E-state index contributed by atoms with van der Waals surface area (Å²) in [7, 11) is -4.59. The van der Waals surface area contributed by atoms with Gasteiger partial charge in [0.1, 0.15) is 5.75 Å². The number of phenolic OH excluding ortho intramolecular Hbond substituents is 1. The molecule has 0 aromatic heterocycles. The molecule has 0 fully saturated rings. The molecule has 0 aliphatic heterocycles. The fraction of sp³-hybridized carbons (Fsp3) is 0.333. The average Bonchev–Trinajstić information content (AvgIpc) is 2.07. The summed E-state index contributed by atoms with van der Waals surface area (Å²) in [5.74, 6) is 0.0511. The molecular formula is C9H11Na2O4P. The van der Waals surface area contributed by atoms with Crippen LogP contribution < -0.4 is 68.9 Å². The molecule has 0 bridgehead atoms. The standard InChI is InChI=1S/C9H13O4P.2Na/c1-2-9(14(11,12)13)7-3-5-8(10)6-4-7;;/h3-6,9-10H,2H2,1H3,(H2,11,12,13);;/q;2*+1/p-2. The molecule has 7 heteroatoms. The number of hydrogen-bond acceptors (Lipinski definition) is 4. The second kappa shape index (κ2) is 8.30. The molecular weight excluding hydrogens is 249 g/mol. The monoisotopic (exact) mass is 260 g/mol. The summed E-state index contributed by atoms with van der Waals surface area (Å²) < 4.78 is 10.9. The van der Waals surface area contributed by atoms with Crippen molar-refractivity contribution < 1.29 is 78.6 Å². The van der Waals surface area contributed by atoms with E-state index >= 15 is 0 Å². The minimum absolute atomic E-state index is 0. The summed E-state index contributed by atoms with van der Waals surface area (Å²) in [6.07, 6.45) is 0.245. The normalized spacial score (nSPS) is 12.2. The molecule has 1 aromatic carbocycles. The first-order valence-electron chi connectivity index (χ1n) is 4.25. The zero-order valence-electron chi connectivity index (χ0n) is 9.71. The molecule has 0 heterocycles. The molecule has 0 radical (unpaired) electrons. The fourth-order valence-electron chi connectivity index (χ4n) is 1.34. The third-order valence-corrected chi connectivity index (χ3v) is 3.47. The summed E-state index contributed by atoms with van der Waals surface area (Å²) in [5.41, 5.74) is -0.568. The van der Waals surface area contributed by atoms with Crippen LogP contribution in [-0.2, 0) is 4.57 Å². The Morgan fingerprint density at radius 3 is 2.00 bits per heavy atom. The molecule has 0 aliphatic rings. The zero-order valence-corrected chi connectivity index (χ0v) is 14.6. The van der Waals surface area contributed by atoms with Gasteiger partial charge < -0.3 is 19.5 Å². The Kier molecular flexibility index (Phi) is 10.1. The molecule has 16 heavy (non-hydrogen) atoms. The third-order valence-electron chi connectivity index (χ3n) is 2.05. The van der Waals surface area contributed by atoms with E-state index in [1.807, 2.05) is 0 Å². The van der Waals surface area contributed by atoms with Crippen LogP contribution in [0.25, 0.3) is 0 Å². The van der Waals surface area contributed by atoms with Crippen LogP contribution >= 0.6 is 7.60 Å². The summed E-state index contributed by atoms with van der Waals surface area (Å²) in [4.78, 5) is 21.7. The number of phenols is 1.